The minimum atomic E-state index is -1.56. The maximum Gasteiger partial charge on any atom is 0.251 e. The third kappa shape index (κ3) is 2.72. The minimum Gasteiger partial charge on any atom is -0.349 e. The summed E-state index contributed by atoms with van der Waals surface area (Å²) in [5.41, 5.74) is -0.207. The molecule has 2 rings (SSSR count). The summed E-state index contributed by atoms with van der Waals surface area (Å²) >= 11 is 0. The van der Waals surface area contributed by atoms with Crippen molar-refractivity contribution in [1.29, 1.82) is 0 Å². The molecule has 18 heavy (non-hydrogen) atoms. The summed E-state index contributed by atoms with van der Waals surface area (Å²) in [5.74, 6) is -4.87. The molecule has 0 spiro atoms. The van der Waals surface area contributed by atoms with Gasteiger partial charge in [0.15, 0.2) is 17.5 Å². The predicted molar refractivity (Wildman–Crippen MR) is 60.6 cm³/mol. The molecule has 0 saturated carbocycles. The van der Waals surface area contributed by atoms with Gasteiger partial charge in [0.05, 0.1) is 0 Å². The Morgan fingerprint density at radius 1 is 1.17 bits per heavy atom. The highest BCUT2D eigenvalue weighted by Crippen LogP contribution is 2.15. The average Bonchev–Trinajstić information content (AvgIpc) is 2.36. The zero-order valence-electron chi connectivity index (χ0n) is 9.55. The summed E-state index contributed by atoms with van der Waals surface area (Å²) in [5, 5.41) is 2.66. The normalized spacial score (nSPS) is 18.7. The summed E-state index contributed by atoms with van der Waals surface area (Å²) in [6, 6.07) is 1.36. The van der Waals surface area contributed by atoms with Crippen LogP contribution in [0.15, 0.2) is 24.3 Å². The number of hydrogen-bond donors (Lipinski definition) is 1. The van der Waals surface area contributed by atoms with Crippen LogP contribution in [0.2, 0.25) is 0 Å². The Morgan fingerprint density at radius 3 is 2.39 bits per heavy atom. The van der Waals surface area contributed by atoms with Gasteiger partial charge in [0.1, 0.15) is 0 Å². The average molecular weight is 255 g/mol. The molecule has 0 aromatic heterocycles. The Hall–Kier alpha value is -1.78. The van der Waals surface area contributed by atoms with Crippen LogP contribution in [0.5, 0.6) is 0 Å². The molecule has 0 heterocycles. The molecule has 0 bridgehead atoms. The fourth-order valence-corrected chi connectivity index (χ4v) is 1.88. The maximum atomic E-state index is 13.0. The molecule has 0 aliphatic heterocycles. The topological polar surface area (TPSA) is 29.1 Å². The molecular weight excluding hydrogens is 243 g/mol. The molecule has 1 aromatic carbocycles. The summed E-state index contributed by atoms with van der Waals surface area (Å²) in [6.07, 6.45) is 6.30. The summed E-state index contributed by atoms with van der Waals surface area (Å²) < 4.78 is 38.7. The molecule has 1 aromatic rings. The van der Waals surface area contributed by atoms with Crippen molar-refractivity contribution >= 4 is 5.91 Å². The second kappa shape index (κ2) is 5.25. The summed E-state index contributed by atoms with van der Waals surface area (Å²) in [7, 11) is 0. The van der Waals surface area contributed by atoms with Crippen LogP contribution in [0.4, 0.5) is 13.2 Å². The third-order valence-corrected chi connectivity index (χ3v) is 2.85. The highest BCUT2D eigenvalue weighted by Gasteiger charge is 2.18. The quantitative estimate of drug-likeness (QED) is 0.639. The molecule has 1 N–H and O–H groups in total. The van der Waals surface area contributed by atoms with Gasteiger partial charge < -0.3 is 5.32 Å². The van der Waals surface area contributed by atoms with E-state index < -0.39 is 23.4 Å². The first-order valence-electron chi connectivity index (χ1n) is 5.68. The van der Waals surface area contributed by atoms with Crippen LogP contribution in [0.1, 0.15) is 29.6 Å². The molecule has 1 aliphatic carbocycles. The molecule has 0 radical (unpaired) electrons. The van der Waals surface area contributed by atoms with Crippen LogP contribution in [0.25, 0.3) is 0 Å². The molecular formula is C13H12F3NO. The van der Waals surface area contributed by atoms with E-state index in [1.165, 1.54) is 0 Å². The number of allylic oxidation sites excluding steroid dienone is 1. The molecule has 1 aliphatic rings. The lowest BCUT2D eigenvalue weighted by Crippen LogP contribution is -2.35. The van der Waals surface area contributed by atoms with Crippen LogP contribution in [-0.2, 0) is 0 Å². The fourth-order valence-electron chi connectivity index (χ4n) is 1.88. The highest BCUT2D eigenvalue weighted by molar-refractivity contribution is 5.94. The molecule has 1 atom stereocenters. The van der Waals surface area contributed by atoms with Gasteiger partial charge in [-0.25, -0.2) is 13.2 Å². The van der Waals surface area contributed by atoms with Gasteiger partial charge in [0.25, 0.3) is 5.91 Å². The van der Waals surface area contributed by atoms with E-state index in [9.17, 15) is 18.0 Å². The Bertz CT molecular complexity index is 476. The van der Waals surface area contributed by atoms with Crippen LogP contribution in [0, 0.1) is 17.5 Å². The number of halogens is 3. The second-order valence-electron chi connectivity index (χ2n) is 4.21. The van der Waals surface area contributed by atoms with Gasteiger partial charge in [-0.05, 0) is 31.4 Å². The first kappa shape index (κ1) is 12.7. The Morgan fingerprint density at radius 2 is 1.83 bits per heavy atom. The van der Waals surface area contributed by atoms with Gasteiger partial charge in [-0.1, -0.05) is 12.2 Å². The number of nitrogens with one attached hydrogen (secondary N) is 1. The van der Waals surface area contributed by atoms with E-state index in [0.29, 0.717) is 18.6 Å². The zero-order valence-corrected chi connectivity index (χ0v) is 9.55. The van der Waals surface area contributed by atoms with E-state index in [1.54, 1.807) is 0 Å². The van der Waals surface area contributed by atoms with Crippen LogP contribution in [-0.4, -0.2) is 11.9 Å². The molecule has 5 heteroatoms. The van der Waals surface area contributed by atoms with Crippen LogP contribution < -0.4 is 5.32 Å². The predicted octanol–water partition coefficient (Wildman–Crippen LogP) is 2.94. The van der Waals surface area contributed by atoms with E-state index >= 15 is 0 Å². The lowest BCUT2D eigenvalue weighted by atomic mass is 10.0. The number of rotatable bonds is 2. The maximum absolute atomic E-state index is 13.0. The van der Waals surface area contributed by atoms with Crippen molar-refractivity contribution in [3.63, 3.8) is 0 Å². The van der Waals surface area contributed by atoms with Gasteiger partial charge in [-0.15, -0.1) is 0 Å². The molecule has 96 valence electrons. The lowest BCUT2D eigenvalue weighted by Gasteiger charge is -2.19. The Labute approximate surface area is 102 Å². The number of carbonyl (C=O) groups is 1. The second-order valence-corrected chi connectivity index (χ2v) is 4.21. The van der Waals surface area contributed by atoms with Crippen LogP contribution in [0.3, 0.4) is 0 Å². The standard InChI is InChI=1S/C13H12F3NO/c14-10-6-8(7-11(15)12(10)16)13(18)17-9-4-2-1-3-5-9/h1-2,6-7,9H,3-5H2,(H,17,18). The van der Waals surface area contributed by atoms with E-state index in [-0.39, 0.29) is 11.6 Å². The Kier molecular flexibility index (Phi) is 3.69. The van der Waals surface area contributed by atoms with Gasteiger partial charge in [0.2, 0.25) is 0 Å². The summed E-state index contributed by atoms with van der Waals surface area (Å²) in [4.78, 5) is 11.7. The zero-order chi connectivity index (χ0) is 13.1. The third-order valence-electron chi connectivity index (χ3n) is 2.85. The van der Waals surface area contributed by atoms with Crippen molar-refractivity contribution in [2.45, 2.75) is 25.3 Å². The first-order valence-corrected chi connectivity index (χ1v) is 5.68. The Balaban J connectivity index is 2.11. The molecule has 1 unspecified atom stereocenters. The number of amides is 1. The van der Waals surface area contributed by atoms with Gasteiger partial charge >= 0.3 is 0 Å². The first-order chi connectivity index (χ1) is 8.58. The molecule has 1 amide bonds. The summed E-state index contributed by atoms with van der Waals surface area (Å²) in [6.45, 7) is 0. The highest BCUT2D eigenvalue weighted by atomic mass is 19.2. The van der Waals surface area contributed by atoms with E-state index in [0.717, 1.165) is 12.8 Å². The van der Waals surface area contributed by atoms with Crippen molar-refractivity contribution in [3.05, 3.63) is 47.3 Å². The van der Waals surface area contributed by atoms with Gasteiger partial charge in [-0.2, -0.15) is 0 Å². The fraction of sp³-hybridized carbons (Fsp3) is 0.308. The molecule has 0 saturated heterocycles. The van der Waals surface area contributed by atoms with Gasteiger partial charge in [0, 0.05) is 11.6 Å². The van der Waals surface area contributed by atoms with E-state index in [2.05, 4.69) is 5.32 Å². The molecule has 0 fully saturated rings. The van der Waals surface area contributed by atoms with Crippen LogP contribution >= 0.6 is 0 Å². The van der Waals surface area contributed by atoms with Crippen molar-refractivity contribution in [3.8, 4) is 0 Å². The monoisotopic (exact) mass is 255 g/mol. The van der Waals surface area contributed by atoms with Gasteiger partial charge in [-0.3, -0.25) is 4.79 Å². The number of carbonyl (C=O) groups excluding carboxylic acids is 1. The largest absolute Gasteiger partial charge is 0.349 e. The van der Waals surface area contributed by atoms with Crippen molar-refractivity contribution in [2.24, 2.45) is 0 Å². The molecule has 2 nitrogen and oxygen atoms in total. The number of benzene rings is 1. The smallest absolute Gasteiger partial charge is 0.251 e. The van der Waals surface area contributed by atoms with Crippen molar-refractivity contribution in [1.82, 2.24) is 5.32 Å². The lowest BCUT2D eigenvalue weighted by molar-refractivity contribution is 0.0933. The van der Waals surface area contributed by atoms with E-state index in [4.69, 9.17) is 0 Å². The number of hydrogen-bond acceptors (Lipinski definition) is 1. The SMILES string of the molecule is O=C(NC1CC=CCC1)c1cc(F)c(F)c(F)c1. The van der Waals surface area contributed by atoms with Crippen molar-refractivity contribution in [2.75, 3.05) is 0 Å². The van der Waals surface area contributed by atoms with E-state index in [1.807, 2.05) is 12.2 Å². The minimum absolute atomic E-state index is 0.0429. The van der Waals surface area contributed by atoms with Crippen molar-refractivity contribution < 1.29 is 18.0 Å².